The van der Waals surface area contributed by atoms with E-state index >= 15 is 0 Å². The Morgan fingerprint density at radius 3 is 2.64 bits per heavy atom. The summed E-state index contributed by atoms with van der Waals surface area (Å²) in [5.74, 6) is 2.60. The molecule has 0 aromatic rings. The molecule has 1 nitrogen and oxygen atoms in total. The Bertz CT molecular complexity index is 149. The smallest absolute Gasteiger partial charge is 0.0574 e. The van der Waals surface area contributed by atoms with E-state index in [1.807, 2.05) is 0 Å². The zero-order valence-electron chi connectivity index (χ0n) is 7.32. The monoisotopic (exact) mass is 151 g/mol. The van der Waals surface area contributed by atoms with Crippen LogP contribution in [0.1, 0.15) is 32.6 Å². The third-order valence-electron chi connectivity index (χ3n) is 2.59. The molecule has 1 fully saturated rings. The van der Waals surface area contributed by atoms with E-state index in [0.29, 0.717) is 5.41 Å². The molecular formula is C10H17N. The lowest BCUT2D eigenvalue weighted by molar-refractivity contribution is 0.322. The summed E-state index contributed by atoms with van der Waals surface area (Å²) in [6.07, 6.45) is 10.7. The van der Waals surface area contributed by atoms with E-state index < -0.39 is 0 Å². The molecule has 62 valence electrons. The average molecular weight is 151 g/mol. The van der Waals surface area contributed by atoms with Crippen LogP contribution < -0.4 is 5.32 Å². The second kappa shape index (κ2) is 3.78. The second-order valence-corrected chi connectivity index (χ2v) is 3.83. The van der Waals surface area contributed by atoms with Gasteiger partial charge in [-0.2, -0.15) is 0 Å². The first kappa shape index (κ1) is 8.62. The first-order valence-electron chi connectivity index (χ1n) is 4.41. The van der Waals surface area contributed by atoms with Crippen molar-refractivity contribution in [3.8, 4) is 12.3 Å². The molecule has 0 saturated heterocycles. The van der Waals surface area contributed by atoms with Crippen molar-refractivity contribution in [3.05, 3.63) is 0 Å². The molecule has 0 bridgehead atoms. The highest BCUT2D eigenvalue weighted by atomic mass is 14.9. The van der Waals surface area contributed by atoms with Crippen LogP contribution in [0.15, 0.2) is 0 Å². The predicted molar refractivity (Wildman–Crippen MR) is 48.3 cm³/mol. The zero-order valence-corrected chi connectivity index (χ0v) is 7.32. The standard InChI is InChI=1S/C10H17N/c1-3-8-11-9-10(2)6-4-5-7-10/h1,11H,4-9H2,2H3. The van der Waals surface area contributed by atoms with Crippen LogP contribution in [-0.2, 0) is 0 Å². The summed E-state index contributed by atoms with van der Waals surface area (Å²) in [7, 11) is 0. The number of terminal acetylenes is 1. The first-order chi connectivity index (χ1) is 5.27. The number of nitrogens with one attached hydrogen (secondary N) is 1. The van der Waals surface area contributed by atoms with Gasteiger partial charge >= 0.3 is 0 Å². The number of rotatable bonds is 3. The van der Waals surface area contributed by atoms with Gasteiger partial charge in [-0.25, -0.2) is 0 Å². The van der Waals surface area contributed by atoms with Gasteiger partial charge in [0.15, 0.2) is 0 Å². The van der Waals surface area contributed by atoms with Crippen molar-refractivity contribution in [1.82, 2.24) is 5.32 Å². The Hall–Kier alpha value is -0.480. The Kier molecular flexibility index (Phi) is 2.96. The van der Waals surface area contributed by atoms with E-state index in [1.165, 1.54) is 25.7 Å². The highest BCUT2D eigenvalue weighted by Crippen LogP contribution is 2.36. The largest absolute Gasteiger partial charge is 0.306 e. The van der Waals surface area contributed by atoms with Crippen LogP contribution >= 0.6 is 0 Å². The maximum atomic E-state index is 5.14. The third-order valence-corrected chi connectivity index (χ3v) is 2.59. The molecular weight excluding hydrogens is 134 g/mol. The van der Waals surface area contributed by atoms with Gasteiger partial charge in [0, 0.05) is 6.54 Å². The van der Waals surface area contributed by atoms with E-state index in [2.05, 4.69) is 18.2 Å². The summed E-state index contributed by atoms with van der Waals surface area (Å²) >= 11 is 0. The molecule has 1 N–H and O–H groups in total. The van der Waals surface area contributed by atoms with Crippen LogP contribution in [0, 0.1) is 17.8 Å². The SMILES string of the molecule is C#CCNCC1(C)CCCC1. The first-order valence-corrected chi connectivity index (χ1v) is 4.41. The van der Waals surface area contributed by atoms with E-state index in [0.717, 1.165) is 13.1 Å². The third kappa shape index (κ3) is 2.55. The quantitative estimate of drug-likeness (QED) is 0.479. The molecule has 0 unspecified atom stereocenters. The second-order valence-electron chi connectivity index (χ2n) is 3.83. The molecule has 0 aromatic carbocycles. The van der Waals surface area contributed by atoms with E-state index in [-0.39, 0.29) is 0 Å². The van der Waals surface area contributed by atoms with Crippen molar-refractivity contribution in [1.29, 1.82) is 0 Å². The van der Waals surface area contributed by atoms with Crippen molar-refractivity contribution < 1.29 is 0 Å². The van der Waals surface area contributed by atoms with Gasteiger partial charge in [0.25, 0.3) is 0 Å². The van der Waals surface area contributed by atoms with Crippen molar-refractivity contribution in [3.63, 3.8) is 0 Å². The summed E-state index contributed by atoms with van der Waals surface area (Å²) in [5, 5.41) is 3.28. The highest BCUT2D eigenvalue weighted by Gasteiger charge is 2.27. The van der Waals surface area contributed by atoms with Crippen LogP contribution in [0.2, 0.25) is 0 Å². The molecule has 1 aliphatic carbocycles. The fourth-order valence-electron chi connectivity index (χ4n) is 1.84. The number of hydrogen-bond acceptors (Lipinski definition) is 1. The molecule has 0 radical (unpaired) electrons. The van der Waals surface area contributed by atoms with Crippen molar-refractivity contribution in [2.45, 2.75) is 32.6 Å². The van der Waals surface area contributed by atoms with Gasteiger partial charge in [0.1, 0.15) is 0 Å². The summed E-state index contributed by atoms with van der Waals surface area (Å²) in [6.45, 7) is 4.16. The minimum Gasteiger partial charge on any atom is -0.306 e. The van der Waals surface area contributed by atoms with Gasteiger partial charge < -0.3 is 5.32 Å². The van der Waals surface area contributed by atoms with Crippen LogP contribution in [0.4, 0.5) is 0 Å². The van der Waals surface area contributed by atoms with E-state index in [4.69, 9.17) is 6.42 Å². The Labute approximate surface area is 69.6 Å². The molecule has 0 amide bonds. The van der Waals surface area contributed by atoms with Gasteiger partial charge in [-0.3, -0.25) is 0 Å². The minimum absolute atomic E-state index is 0.539. The van der Waals surface area contributed by atoms with Crippen LogP contribution in [0.25, 0.3) is 0 Å². The normalized spacial score (nSPS) is 21.5. The van der Waals surface area contributed by atoms with Crippen molar-refractivity contribution >= 4 is 0 Å². The van der Waals surface area contributed by atoms with Gasteiger partial charge in [-0.05, 0) is 18.3 Å². The minimum atomic E-state index is 0.539. The van der Waals surface area contributed by atoms with Gasteiger partial charge in [-0.15, -0.1) is 6.42 Å². The number of hydrogen-bond donors (Lipinski definition) is 1. The molecule has 0 atom stereocenters. The highest BCUT2D eigenvalue weighted by molar-refractivity contribution is 4.89. The molecule has 0 heterocycles. The van der Waals surface area contributed by atoms with Gasteiger partial charge in [-0.1, -0.05) is 25.7 Å². The Balaban J connectivity index is 2.19. The Morgan fingerprint density at radius 1 is 1.45 bits per heavy atom. The molecule has 1 saturated carbocycles. The lowest BCUT2D eigenvalue weighted by atomic mass is 9.89. The van der Waals surface area contributed by atoms with Crippen molar-refractivity contribution in [2.75, 3.05) is 13.1 Å². The maximum Gasteiger partial charge on any atom is 0.0574 e. The van der Waals surface area contributed by atoms with Crippen molar-refractivity contribution in [2.24, 2.45) is 5.41 Å². The summed E-state index contributed by atoms with van der Waals surface area (Å²) in [5.41, 5.74) is 0.539. The summed E-state index contributed by atoms with van der Waals surface area (Å²) in [6, 6.07) is 0. The zero-order chi connectivity index (χ0) is 8.16. The van der Waals surface area contributed by atoms with Crippen LogP contribution in [-0.4, -0.2) is 13.1 Å². The lowest BCUT2D eigenvalue weighted by Gasteiger charge is -2.22. The predicted octanol–water partition coefficient (Wildman–Crippen LogP) is 1.79. The van der Waals surface area contributed by atoms with Crippen LogP contribution in [0.3, 0.4) is 0 Å². The molecule has 1 heteroatoms. The maximum absolute atomic E-state index is 5.14. The van der Waals surface area contributed by atoms with Gasteiger partial charge in [0.2, 0.25) is 0 Å². The summed E-state index contributed by atoms with van der Waals surface area (Å²) < 4.78 is 0. The fourth-order valence-corrected chi connectivity index (χ4v) is 1.84. The molecule has 0 spiro atoms. The van der Waals surface area contributed by atoms with E-state index in [9.17, 15) is 0 Å². The average Bonchev–Trinajstić information content (AvgIpc) is 2.38. The molecule has 11 heavy (non-hydrogen) atoms. The fraction of sp³-hybridized carbons (Fsp3) is 0.800. The molecule has 1 rings (SSSR count). The molecule has 0 aliphatic heterocycles. The van der Waals surface area contributed by atoms with Crippen LogP contribution in [0.5, 0.6) is 0 Å². The molecule has 0 aromatic heterocycles. The topological polar surface area (TPSA) is 12.0 Å². The summed E-state index contributed by atoms with van der Waals surface area (Å²) in [4.78, 5) is 0. The Morgan fingerprint density at radius 2 is 2.09 bits per heavy atom. The van der Waals surface area contributed by atoms with Gasteiger partial charge in [0.05, 0.1) is 6.54 Å². The lowest BCUT2D eigenvalue weighted by Crippen LogP contribution is -2.29. The van der Waals surface area contributed by atoms with E-state index in [1.54, 1.807) is 0 Å². The molecule has 1 aliphatic rings.